The zero-order valence-corrected chi connectivity index (χ0v) is 15.2. The second-order valence-electron chi connectivity index (χ2n) is 7.89. The molecule has 1 spiro atoms. The van der Waals surface area contributed by atoms with Gasteiger partial charge in [-0.15, -0.1) is 0 Å². The number of barbiturate groups is 1. The molecule has 144 valence electrons. The van der Waals surface area contributed by atoms with Crippen molar-refractivity contribution in [2.75, 3.05) is 6.54 Å². The smallest absolute Gasteiger partial charge is 0.334 e. The first-order valence-electron chi connectivity index (χ1n) is 9.42. The number of carbonyl (C=O) groups is 3. The zero-order chi connectivity index (χ0) is 19.1. The SMILES string of the molecule is CCCCN1C(=O)C(=C(N)N)C(=O)N(C2CCC3(CC2)CC(O)C3)C1=O. The Kier molecular flexibility index (Phi) is 4.96. The molecular weight excluding hydrogens is 336 g/mol. The van der Waals surface area contributed by atoms with Gasteiger partial charge in [0.2, 0.25) is 0 Å². The summed E-state index contributed by atoms with van der Waals surface area (Å²) in [5.41, 5.74) is 11.0. The van der Waals surface area contributed by atoms with Gasteiger partial charge in [0.1, 0.15) is 11.4 Å². The van der Waals surface area contributed by atoms with Crippen LogP contribution in [0.2, 0.25) is 0 Å². The lowest BCUT2D eigenvalue weighted by molar-refractivity contribution is -0.139. The first-order chi connectivity index (χ1) is 12.3. The summed E-state index contributed by atoms with van der Waals surface area (Å²) < 4.78 is 0. The zero-order valence-electron chi connectivity index (χ0n) is 15.2. The third-order valence-corrected chi connectivity index (χ3v) is 6.07. The molecule has 26 heavy (non-hydrogen) atoms. The van der Waals surface area contributed by atoms with Crippen LogP contribution in [0.25, 0.3) is 0 Å². The molecule has 0 bridgehead atoms. The molecule has 0 aromatic carbocycles. The highest BCUT2D eigenvalue weighted by atomic mass is 16.3. The monoisotopic (exact) mass is 364 g/mol. The summed E-state index contributed by atoms with van der Waals surface area (Å²) in [6, 6.07) is -0.821. The fourth-order valence-corrected chi connectivity index (χ4v) is 4.55. The number of aliphatic hydroxyl groups is 1. The predicted octanol–water partition coefficient (Wildman–Crippen LogP) is 0.790. The van der Waals surface area contributed by atoms with Crippen molar-refractivity contribution in [3.05, 3.63) is 11.4 Å². The summed E-state index contributed by atoms with van der Waals surface area (Å²) in [4.78, 5) is 40.5. The topological polar surface area (TPSA) is 130 Å². The van der Waals surface area contributed by atoms with Crippen LogP contribution in [-0.4, -0.2) is 51.4 Å². The van der Waals surface area contributed by atoms with E-state index in [4.69, 9.17) is 11.5 Å². The number of aliphatic hydroxyl groups excluding tert-OH is 1. The van der Waals surface area contributed by atoms with E-state index >= 15 is 0 Å². The number of nitrogens with zero attached hydrogens (tertiary/aromatic N) is 2. The van der Waals surface area contributed by atoms with E-state index in [-0.39, 0.29) is 35.5 Å². The Morgan fingerprint density at radius 3 is 2.27 bits per heavy atom. The van der Waals surface area contributed by atoms with Crippen molar-refractivity contribution in [3.63, 3.8) is 0 Å². The van der Waals surface area contributed by atoms with Gasteiger partial charge in [-0.1, -0.05) is 13.3 Å². The molecule has 8 nitrogen and oxygen atoms in total. The Bertz CT molecular complexity index is 640. The van der Waals surface area contributed by atoms with E-state index in [0.29, 0.717) is 19.3 Å². The number of urea groups is 1. The quantitative estimate of drug-likeness (QED) is 0.499. The minimum Gasteiger partial charge on any atom is -0.393 e. The van der Waals surface area contributed by atoms with Gasteiger partial charge in [0.05, 0.1) is 6.10 Å². The largest absolute Gasteiger partial charge is 0.393 e. The standard InChI is InChI=1S/C18H28N4O4/c1-2-3-8-21-15(24)13(14(19)20)16(25)22(17(21)26)11-4-6-18(7-5-11)9-12(23)10-18/h11-12,23H,2-10,19-20H2,1H3. The Morgan fingerprint density at radius 1 is 1.15 bits per heavy atom. The molecule has 0 aromatic heterocycles. The molecule has 5 N–H and O–H groups in total. The highest BCUT2D eigenvalue weighted by Gasteiger charge is 2.50. The van der Waals surface area contributed by atoms with Crippen molar-refractivity contribution in [2.45, 2.75) is 70.4 Å². The van der Waals surface area contributed by atoms with Crippen molar-refractivity contribution < 1.29 is 19.5 Å². The lowest BCUT2D eigenvalue weighted by Crippen LogP contribution is -2.61. The number of hydrogen-bond donors (Lipinski definition) is 3. The molecule has 3 fully saturated rings. The Labute approximate surface area is 153 Å². The summed E-state index contributed by atoms with van der Waals surface area (Å²) >= 11 is 0. The fraction of sp³-hybridized carbons (Fsp3) is 0.722. The van der Waals surface area contributed by atoms with Gasteiger partial charge in [0, 0.05) is 12.6 Å². The lowest BCUT2D eigenvalue weighted by atomic mass is 9.58. The van der Waals surface area contributed by atoms with Gasteiger partial charge in [-0.05, 0) is 50.4 Å². The average molecular weight is 364 g/mol. The van der Waals surface area contributed by atoms with E-state index < -0.39 is 17.8 Å². The maximum absolute atomic E-state index is 12.9. The lowest BCUT2D eigenvalue weighted by Gasteiger charge is -2.51. The molecule has 2 aliphatic carbocycles. The third kappa shape index (κ3) is 3.06. The van der Waals surface area contributed by atoms with E-state index in [0.717, 1.165) is 37.0 Å². The highest BCUT2D eigenvalue weighted by molar-refractivity contribution is 6.29. The predicted molar refractivity (Wildman–Crippen MR) is 94.2 cm³/mol. The van der Waals surface area contributed by atoms with Crippen LogP contribution in [0.1, 0.15) is 58.3 Å². The second kappa shape index (κ2) is 6.90. The molecule has 3 rings (SSSR count). The number of nitrogens with two attached hydrogens (primary N) is 2. The molecule has 1 heterocycles. The average Bonchev–Trinajstić information content (AvgIpc) is 2.55. The van der Waals surface area contributed by atoms with Crippen molar-refractivity contribution in [3.8, 4) is 0 Å². The third-order valence-electron chi connectivity index (χ3n) is 6.07. The normalized spacial score (nSPS) is 32.2. The Hall–Kier alpha value is -2.09. The minimum atomic E-state index is -0.695. The number of unbranched alkanes of at least 4 members (excludes halogenated alkanes) is 1. The number of rotatable bonds is 4. The van der Waals surface area contributed by atoms with Crippen molar-refractivity contribution in [1.82, 2.24) is 9.80 Å². The second-order valence-corrected chi connectivity index (χ2v) is 7.89. The van der Waals surface area contributed by atoms with E-state index in [2.05, 4.69) is 0 Å². The summed E-state index contributed by atoms with van der Waals surface area (Å²) in [6.45, 7) is 2.21. The van der Waals surface area contributed by atoms with Crippen LogP contribution in [0.4, 0.5) is 4.79 Å². The molecule has 0 unspecified atom stereocenters. The molecule has 1 saturated heterocycles. The van der Waals surface area contributed by atoms with Crippen LogP contribution >= 0.6 is 0 Å². The Morgan fingerprint density at radius 2 is 1.77 bits per heavy atom. The number of amides is 4. The van der Waals surface area contributed by atoms with Crippen molar-refractivity contribution in [2.24, 2.45) is 16.9 Å². The summed E-state index contributed by atoms with van der Waals surface area (Å²) in [7, 11) is 0. The summed E-state index contributed by atoms with van der Waals surface area (Å²) in [5.74, 6) is -1.71. The van der Waals surface area contributed by atoms with Gasteiger partial charge >= 0.3 is 6.03 Å². The number of imide groups is 2. The van der Waals surface area contributed by atoms with Crippen LogP contribution in [-0.2, 0) is 9.59 Å². The summed E-state index contributed by atoms with van der Waals surface area (Å²) in [6.07, 6.45) is 5.93. The van der Waals surface area contributed by atoms with E-state index in [1.54, 1.807) is 0 Å². The van der Waals surface area contributed by atoms with Crippen molar-refractivity contribution >= 4 is 17.8 Å². The van der Waals surface area contributed by atoms with Crippen LogP contribution < -0.4 is 11.5 Å². The first-order valence-corrected chi connectivity index (χ1v) is 9.42. The van der Waals surface area contributed by atoms with E-state index in [1.807, 2.05) is 6.92 Å². The van der Waals surface area contributed by atoms with Crippen molar-refractivity contribution in [1.29, 1.82) is 0 Å². The van der Waals surface area contributed by atoms with Crippen LogP contribution in [0.3, 0.4) is 0 Å². The molecule has 3 aliphatic rings. The van der Waals surface area contributed by atoms with Crippen LogP contribution in [0, 0.1) is 5.41 Å². The van der Waals surface area contributed by atoms with Gasteiger partial charge in [-0.2, -0.15) is 0 Å². The fourth-order valence-electron chi connectivity index (χ4n) is 4.55. The maximum atomic E-state index is 12.9. The van der Waals surface area contributed by atoms with Gasteiger partial charge < -0.3 is 16.6 Å². The van der Waals surface area contributed by atoms with E-state index in [1.165, 1.54) is 4.90 Å². The molecule has 0 radical (unpaired) electrons. The van der Waals surface area contributed by atoms with Gasteiger partial charge in [0.15, 0.2) is 0 Å². The highest BCUT2D eigenvalue weighted by Crippen LogP contribution is 2.52. The molecular formula is C18H28N4O4. The molecule has 4 amide bonds. The van der Waals surface area contributed by atoms with Gasteiger partial charge in [-0.3, -0.25) is 19.4 Å². The van der Waals surface area contributed by atoms with Crippen LogP contribution in [0.15, 0.2) is 11.4 Å². The molecule has 8 heteroatoms. The molecule has 2 saturated carbocycles. The Balaban J connectivity index is 1.80. The van der Waals surface area contributed by atoms with Gasteiger partial charge in [-0.25, -0.2) is 4.79 Å². The number of carbonyl (C=O) groups excluding carboxylic acids is 3. The molecule has 0 atom stereocenters. The molecule has 1 aliphatic heterocycles. The first kappa shape index (κ1) is 18.7. The number of hydrogen-bond acceptors (Lipinski definition) is 6. The minimum absolute atomic E-state index is 0.154. The van der Waals surface area contributed by atoms with Gasteiger partial charge in [0.25, 0.3) is 11.8 Å². The molecule has 0 aromatic rings. The van der Waals surface area contributed by atoms with E-state index in [9.17, 15) is 19.5 Å². The summed E-state index contributed by atoms with van der Waals surface area (Å²) in [5, 5.41) is 9.61. The maximum Gasteiger partial charge on any atom is 0.334 e. The van der Waals surface area contributed by atoms with Crippen LogP contribution in [0.5, 0.6) is 0 Å².